The van der Waals surface area contributed by atoms with E-state index in [1.807, 2.05) is 6.92 Å². The quantitative estimate of drug-likeness (QED) is 0.426. The fraction of sp³-hybridized carbons (Fsp3) is 0.778. The zero-order valence-electron chi connectivity index (χ0n) is 16.0. The Balaban J connectivity index is 1.43. The first-order valence-electron chi connectivity index (χ1n) is 9.65. The zero-order chi connectivity index (χ0) is 17.6. The second kappa shape index (κ2) is 8.67. The van der Waals surface area contributed by atoms with E-state index in [0.29, 0.717) is 6.04 Å². The van der Waals surface area contributed by atoms with Crippen LogP contribution < -0.4 is 10.6 Å². The summed E-state index contributed by atoms with van der Waals surface area (Å²) in [5.41, 5.74) is 2.32. The Morgan fingerprint density at radius 2 is 2.04 bits per heavy atom. The molecule has 2 N–H and O–H groups in total. The van der Waals surface area contributed by atoms with Crippen LogP contribution in [0.2, 0.25) is 0 Å². The van der Waals surface area contributed by atoms with Crippen LogP contribution in [0.3, 0.4) is 0 Å². The molecule has 0 spiro atoms. The Kier molecular flexibility index (Phi) is 6.31. The van der Waals surface area contributed by atoms with Gasteiger partial charge in [-0.15, -0.1) is 0 Å². The first-order chi connectivity index (χ1) is 12.2. The first-order valence-corrected chi connectivity index (χ1v) is 9.65. The molecule has 3 aliphatic heterocycles. The van der Waals surface area contributed by atoms with E-state index in [-0.39, 0.29) is 0 Å². The molecule has 7 nitrogen and oxygen atoms in total. The normalized spacial score (nSPS) is 26.0. The maximum atomic E-state index is 4.83. The molecule has 4 rings (SSSR count). The van der Waals surface area contributed by atoms with Crippen molar-refractivity contribution in [2.75, 3.05) is 52.4 Å². The topological polar surface area (TPSA) is 60.7 Å². The number of nitrogens with one attached hydrogen (secondary N) is 2. The smallest absolute Gasteiger partial charge is 0.191 e. The molecule has 0 radical (unpaired) electrons. The van der Waals surface area contributed by atoms with Gasteiger partial charge in [0.2, 0.25) is 0 Å². The minimum Gasteiger partial charge on any atom is -0.357 e. The number of aromatic nitrogens is 2. The molecule has 25 heavy (non-hydrogen) atoms. The number of aryl methyl sites for hydroxylation is 3. The van der Waals surface area contributed by atoms with Gasteiger partial charge >= 0.3 is 0 Å². The number of fused-ring (bicyclic) bond motifs is 3. The lowest BCUT2D eigenvalue weighted by molar-refractivity contribution is 0.0174. The minimum atomic E-state index is 0.577. The molecule has 1 aromatic heterocycles. The van der Waals surface area contributed by atoms with Gasteiger partial charge in [0.05, 0.1) is 12.2 Å². The molecule has 3 saturated heterocycles. The lowest BCUT2D eigenvalue weighted by atomic mass is 10.1. The number of hydrogen-bond acceptors (Lipinski definition) is 4. The molecule has 0 aromatic carbocycles. The highest BCUT2D eigenvalue weighted by Crippen LogP contribution is 2.15. The predicted molar refractivity (Wildman–Crippen MR) is 102 cm³/mol. The molecule has 0 aliphatic carbocycles. The van der Waals surface area contributed by atoms with Crippen molar-refractivity contribution in [3.8, 4) is 0 Å². The Morgan fingerprint density at radius 1 is 1.24 bits per heavy atom. The third kappa shape index (κ3) is 4.95. The van der Waals surface area contributed by atoms with E-state index in [1.165, 1.54) is 38.4 Å². The molecular formula is C18H33N7. The van der Waals surface area contributed by atoms with E-state index in [2.05, 4.69) is 50.1 Å². The molecule has 7 heteroatoms. The molecule has 0 amide bonds. The van der Waals surface area contributed by atoms with Crippen molar-refractivity contribution < 1.29 is 0 Å². The van der Waals surface area contributed by atoms with Crippen LogP contribution in [-0.4, -0.2) is 83.9 Å². The molecular weight excluding hydrogens is 314 g/mol. The van der Waals surface area contributed by atoms with Crippen LogP contribution in [0.25, 0.3) is 0 Å². The van der Waals surface area contributed by atoms with E-state index < -0.39 is 0 Å². The van der Waals surface area contributed by atoms with Gasteiger partial charge in [-0.3, -0.25) is 19.5 Å². The average Bonchev–Trinajstić information content (AvgIpc) is 2.95. The van der Waals surface area contributed by atoms with Gasteiger partial charge in [-0.1, -0.05) is 0 Å². The summed E-state index contributed by atoms with van der Waals surface area (Å²) in [4.78, 5) is 9.98. The summed E-state index contributed by atoms with van der Waals surface area (Å²) in [6.07, 6.45) is 1.04. The Morgan fingerprint density at radius 3 is 2.64 bits per heavy atom. The van der Waals surface area contributed by atoms with Crippen LogP contribution in [0.15, 0.2) is 11.1 Å². The second-order valence-electron chi connectivity index (χ2n) is 7.14. The van der Waals surface area contributed by atoms with Crippen molar-refractivity contribution in [2.45, 2.75) is 39.8 Å². The van der Waals surface area contributed by atoms with E-state index in [4.69, 9.17) is 4.99 Å². The van der Waals surface area contributed by atoms with Crippen LogP contribution in [-0.2, 0) is 6.54 Å². The third-order valence-corrected chi connectivity index (χ3v) is 5.14. The SMILES string of the molecule is CCNC(=NCC1CN2CCN1CC2)NCCCn1nc(C)cc1C. The monoisotopic (exact) mass is 347 g/mol. The highest BCUT2D eigenvalue weighted by atomic mass is 15.3. The van der Waals surface area contributed by atoms with Crippen molar-refractivity contribution in [3.63, 3.8) is 0 Å². The van der Waals surface area contributed by atoms with Gasteiger partial charge in [-0.25, -0.2) is 0 Å². The number of nitrogens with zero attached hydrogens (tertiary/aromatic N) is 5. The fourth-order valence-electron chi connectivity index (χ4n) is 3.77. The van der Waals surface area contributed by atoms with Crippen molar-refractivity contribution in [1.29, 1.82) is 0 Å². The summed E-state index contributed by atoms with van der Waals surface area (Å²) >= 11 is 0. The number of hydrogen-bond donors (Lipinski definition) is 2. The standard InChI is InChI=1S/C18H33N7/c1-4-19-18(20-6-5-7-25-16(3)12-15(2)22-25)21-13-17-14-23-8-10-24(17)11-9-23/h12,17H,4-11,13-14H2,1-3H3,(H2,19,20,21). The van der Waals surface area contributed by atoms with Gasteiger partial charge < -0.3 is 10.6 Å². The summed E-state index contributed by atoms with van der Waals surface area (Å²) < 4.78 is 2.08. The van der Waals surface area contributed by atoms with Gasteiger partial charge in [0.15, 0.2) is 5.96 Å². The minimum absolute atomic E-state index is 0.577. The first kappa shape index (κ1) is 18.2. The van der Waals surface area contributed by atoms with Gasteiger partial charge in [0.25, 0.3) is 0 Å². The summed E-state index contributed by atoms with van der Waals surface area (Å²) in [6.45, 7) is 15.9. The van der Waals surface area contributed by atoms with Gasteiger partial charge in [0, 0.05) is 64.1 Å². The van der Waals surface area contributed by atoms with Crippen LogP contribution in [0, 0.1) is 13.8 Å². The Labute approximate surface area is 151 Å². The van der Waals surface area contributed by atoms with Crippen LogP contribution in [0.1, 0.15) is 24.7 Å². The number of aliphatic imine (C=N–C) groups is 1. The van der Waals surface area contributed by atoms with Crippen molar-refractivity contribution in [3.05, 3.63) is 17.5 Å². The summed E-state index contributed by atoms with van der Waals surface area (Å²) in [6, 6.07) is 2.70. The van der Waals surface area contributed by atoms with E-state index >= 15 is 0 Å². The summed E-state index contributed by atoms with van der Waals surface area (Å²) in [5, 5.41) is 11.3. The van der Waals surface area contributed by atoms with Gasteiger partial charge in [0.1, 0.15) is 0 Å². The number of rotatable bonds is 7. The van der Waals surface area contributed by atoms with Crippen molar-refractivity contribution in [2.24, 2.45) is 4.99 Å². The second-order valence-corrected chi connectivity index (χ2v) is 7.14. The third-order valence-electron chi connectivity index (χ3n) is 5.14. The molecule has 4 heterocycles. The molecule has 3 aliphatic rings. The summed E-state index contributed by atoms with van der Waals surface area (Å²) in [5.74, 6) is 0.938. The molecule has 1 unspecified atom stereocenters. The molecule has 3 fully saturated rings. The largest absolute Gasteiger partial charge is 0.357 e. The lowest BCUT2D eigenvalue weighted by Gasteiger charge is -2.47. The maximum Gasteiger partial charge on any atom is 0.191 e. The molecule has 1 aromatic rings. The zero-order valence-corrected chi connectivity index (χ0v) is 16.0. The van der Waals surface area contributed by atoms with Crippen molar-refractivity contribution >= 4 is 5.96 Å². The van der Waals surface area contributed by atoms with Crippen LogP contribution >= 0.6 is 0 Å². The summed E-state index contributed by atoms with van der Waals surface area (Å²) in [7, 11) is 0. The van der Waals surface area contributed by atoms with Gasteiger partial charge in [-0.05, 0) is 33.3 Å². The van der Waals surface area contributed by atoms with Crippen molar-refractivity contribution in [1.82, 2.24) is 30.2 Å². The fourth-order valence-corrected chi connectivity index (χ4v) is 3.77. The highest BCUT2D eigenvalue weighted by Gasteiger charge is 2.31. The molecule has 140 valence electrons. The molecule has 2 bridgehead atoms. The maximum absolute atomic E-state index is 4.83. The highest BCUT2D eigenvalue weighted by molar-refractivity contribution is 5.79. The van der Waals surface area contributed by atoms with E-state index in [0.717, 1.165) is 44.3 Å². The molecule has 1 atom stereocenters. The Hall–Kier alpha value is -1.60. The Bertz CT molecular complexity index is 572. The lowest BCUT2D eigenvalue weighted by Crippen LogP contribution is -2.62. The van der Waals surface area contributed by atoms with E-state index in [9.17, 15) is 0 Å². The van der Waals surface area contributed by atoms with Crippen LogP contribution in [0.4, 0.5) is 0 Å². The van der Waals surface area contributed by atoms with Gasteiger partial charge in [-0.2, -0.15) is 5.10 Å². The van der Waals surface area contributed by atoms with E-state index in [1.54, 1.807) is 0 Å². The predicted octanol–water partition coefficient (Wildman–Crippen LogP) is 0.445. The van der Waals surface area contributed by atoms with Crippen LogP contribution in [0.5, 0.6) is 0 Å². The number of piperazine rings is 3. The average molecular weight is 348 g/mol. The molecule has 0 saturated carbocycles. The number of guanidine groups is 1.